The molecule has 1 spiro atoms. The lowest BCUT2D eigenvalue weighted by molar-refractivity contribution is -0.125. The summed E-state index contributed by atoms with van der Waals surface area (Å²) in [6, 6.07) is -0.199. The average Bonchev–Trinajstić information content (AvgIpc) is 2.99. The first-order valence-electron chi connectivity index (χ1n) is 8.07. The predicted molar refractivity (Wildman–Crippen MR) is 83.5 cm³/mol. The molecule has 3 heterocycles. The molecule has 0 aromatic carbocycles. The molecule has 1 aromatic heterocycles. The van der Waals surface area contributed by atoms with Crippen molar-refractivity contribution in [2.75, 3.05) is 11.4 Å². The van der Waals surface area contributed by atoms with Gasteiger partial charge >= 0.3 is 0 Å². The number of aryl methyl sites for hydroxylation is 1. The van der Waals surface area contributed by atoms with Crippen LogP contribution in [0.15, 0.2) is 6.20 Å². The number of amides is 1. The van der Waals surface area contributed by atoms with Gasteiger partial charge in [-0.15, -0.1) is 0 Å². The Hall–Kier alpha value is -1.54. The van der Waals surface area contributed by atoms with Crippen LogP contribution in [0, 0.1) is 0 Å². The summed E-state index contributed by atoms with van der Waals surface area (Å²) >= 11 is -2.22. The zero-order valence-electron chi connectivity index (χ0n) is 12.8. The molecule has 1 saturated carbocycles. The van der Waals surface area contributed by atoms with Gasteiger partial charge in [0.2, 0.25) is 5.91 Å². The molecule has 7 nitrogen and oxygen atoms in total. The summed E-state index contributed by atoms with van der Waals surface area (Å²) in [7, 11) is 0. The summed E-state index contributed by atoms with van der Waals surface area (Å²) in [4.78, 5) is 23.2. The molecule has 2 atom stereocenters. The number of hydrogen-bond acceptors (Lipinski definition) is 6. The van der Waals surface area contributed by atoms with Crippen molar-refractivity contribution in [3.63, 3.8) is 0 Å². The van der Waals surface area contributed by atoms with Gasteiger partial charge < -0.3 is 14.8 Å². The van der Waals surface area contributed by atoms with E-state index >= 15 is 0 Å². The van der Waals surface area contributed by atoms with Crippen LogP contribution in [0.1, 0.15) is 43.5 Å². The Morgan fingerprint density at radius 1 is 1.43 bits per heavy atom. The maximum atomic E-state index is 12.3. The summed E-state index contributed by atoms with van der Waals surface area (Å²) in [6.07, 6.45) is 7.62. The van der Waals surface area contributed by atoms with Gasteiger partial charge in [0.05, 0.1) is 11.3 Å². The van der Waals surface area contributed by atoms with Crippen LogP contribution in [0.4, 0.5) is 5.82 Å². The van der Waals surface area contributed by atoms with E-state index in [1.807, 2.05) is 0 Å². The Morgan fingerprint density at radius 2 is 2.22 bits per heavy atom. The predicted octanol–water partition coefficient (Wildman–Crippen LogP) is 0.419. The fourth-order valence-electron chi connectivity index (χ4n) is 4.27. The lowest BCUT2D eigenvalue weighted by atomic mass is 9.85. The molecule has 23 heavy (non-hydrogen) atoms. The number of carbonyl (C=O) groups excluding carboxylic acids is 1. The summed E-state index contributed by atoms with van der Waals surface area (Å²) in [6.45, 7) is 0.647. The number of fused-ring (bicyclic) bond motifs is 4. The van der Waals surface area contributed by atoms with Gasteiger partial charge in [-0.1, -0.05) is 12.8 Å². The number of nitrogens with zero attached hydrogens (tertiary/aromatic N) is 3. The van der Waals surface area contributed by atoms with E-state index in [0.717, 1.165) is 49.9 Å². The topological polar surface area (TPSA) is 98.2 Å². The Kier molecular flexibility index (Phi) is 3.60. The second-order valence-corrected chi connectivity index (χ2v) is 7.55. The van der Waals surface area contributed by atoms with E-state index < -0.39 is 11.1 Å². The van der Waals surface area contributed by atoms with Crippen molar-refractivity contribution < 1.29 is 13.6 Å². The van der Waals surface area contributed by atoms with Crippen LogP contribution in [-0.4, -0.2) is 42.8 Å². The molecule has 0 radical (unpaired) electrons. The third-order valence-electron chi connectivity index (χ3n) is 5.31. The average molecular weight is 335 g/mol. The fourth-order valence-corrected chi connectivity index (χ4v) is 4.62. The molecule has 0 bridgehead atoms. The lowest BCUT2D eigenvalue weighted by Crippen LogP contribution is -2.68. The number of rotatable bonds is 2. The van der Waals surface area contributed by atoms with Gasteiger partial charge in [-0.2, -0.15) is 0 Å². The Morgan fingerprint density at radius 3 is 2.96 bits per heavy atom. The standard InChI is InChI=1S/C15H20N4O3S/c20-14-11-4-3-10-7-16-12(8-23(21)22)18-13(10)19(11)15(9-17-14)5-1-2-6-15/h7,11H,1-6,8-9H2,(H,17,20)(H,21,22)/p-1. The third-order valence-corrected chi connectivity index (χ3v) is 5.80. The smallest absolute Gasteiger partial charge is 0.242 e. The van der Waals surface area contributed by atoms with Crippen molar-refractivity contribution in [2.24, 2.45) is 0 Å². The van der Waals surface area contributed by atoms with E-state index in [4.69, 9.17) is 0 Å². The number of nitrogens with one attached hydrogen (secondary N) is 1. The molecule has 3 aliphatic rings. The highest BCUT2D eigenvalue weighted by atomic mass is 32.2. The molecular formula is C15H19N4O3S-. The molecule has 1 N–H and O–H groups in total. The third kappa shape index (κ3) is 2.44. The number of piperazine rings is 1. The van der Waals surface area contributed by atoms with Crippen LogP contribution in [0.25, 0.3) is 0 Å². The van der Waals surface area contributed by atoms with Crippen molar-refractivity contribution in [3.05, 3.63) is 17.6 Å². The summed E-state index contributed by atoms with van der Waals surface area (Å²) in [5, 5.41) is 3.07. The summed E-state index contributed by atoms with van der Waals surface area (Å²) in [5.41, 5.74) is 0.943. The van der Waals surface area contributed by atoms with E-state index in [1.165, 1.54) is 0 Å². The molecule has 4 rings (SSSR count). The lowest BCUT2D eigenvalue weighted by Gasteiger charge is -2.52. The highest BCUT2D eigenvalue weighted by Crippen LogP contribution is 2.44. The molecule has 1 aromatic rings. The van der Waals surface area contributed by atoms with Gasteiger partial charge in [-0.25, -0.2) is 9.97 Å². The first-order valence-corrected chi connectivity index (χ1v) is 9.31. The second-order valence-electron chi connectivity index (χ2n) is 6.66. The van der Waals surface area contributed by atoms with Crippen LogP contribution >= 0.6 is 0 Å². The minimum Gasteiger partial charge on any atom is -0.772 e. The summed E-state index contributed by atoms with van der Waals surface area (Å²) in [5.74, 6) is 0.941. The van der Waals surface area contributed by atoms with Crippen molar-refractivity contribution in [3.8, 4) is 0 Å². The minimum atomic E-state index is -2.22. The molecule has 2 aliphatic heterocycles. The molecule has 2 unspecified atom stereocenters. The van der Waals surface area contributed by atoms with Crippen LogP contribution < -0.4 is 10.2 Å². The van der Waals surface area contributed by atoms with Crippen LogP contribution in [0.3, 0.4) is 0 Å². The summed E-state index contributed by atoms with van der Waals surface area (Å²) < 4.78 is 21.9. The Balaban J connectivity index is 1.79. The van der Waals surface area contributed by atoms with Gasteiger partial charge in [-0.05, 0) is 36.8 Å². The molecular weight excluding hydrogens is 316 g/mol. The van der Waals surface area contributed by atoms with Crippen molar-refractivity contribution in [1.29, 1.82) is 0 Å². The van der Waals surface area contributed by atoms with Crippen molar-refractivity contribution >= 4 is 22.8 Å². The van der Waals surface area contributed by atoms with E-state index in [0.29, 0.717) is 12.4 Å². The molecule has 1 amide bonds. The SMILES string of the molecule is O=C1NCC2(CCCC2)N2c3nc(CS(=O)[O-])ncc3CCC12. The van der Waals surface area contributed by atoms with E-state index in [-0.39, 0.29) is 23.2 Å². The maximum absolute atomic E-state index is 12.3. The monoisotopic (exact) mass is 335 g/mol. The quantitative estimate of drug-likeness (QED) is 0.787. The molecule has 2 fully saturated rings. The molecule has 1 saturated heterocycles. The van der Waals surface area contributed by atoms with E-state index in [1.54, 1.807) is 6.20 Å². The fraction of sp³-hybridized carbons (Fsp3) is 0.667. The normalized spacial score (nSPS) is 26.6. The van der Waals surface area contributed by atoms with Gasteiger partial charge in [0.15, 0.2) is 0 Å². The minimum absolute atomic E-state index is 0.0562. The molecule has 124 valence electrons. The zero-order chi connectivity index (χ0) is 16.0. The highest BCUT2D eigenvalue weighted by molar-refractivity contribution is 7.78. The van der Waals surface area contributed by atoms with Crippen LogP contribution in [-0.2, 0) is 28.0 Å². The van der Waals surface area contributed by atoms with Gasteiger partial charge in [0.25, 0.3) is 0 Å². The number of aromatic nitrogens is 2. The van der Waals surface area contributed by atoms with E-state index in [9.17, 15) is 13.6 Å². The van der Waals surface area contributed by atoms with E-state index in [2.05, 4.69) is 20.2 Å². The van der Waals surface area contributed by atoms with Gasteiger partial charge in [0.1, 0.15) is 17.7 Å². The Labute approximate surface area is 137 Å². The maximum Gasteiger partial charge on any atom is 0.242 e. The number of carbonyl (C=O) groups is 1. The highest BCUT2D eigenvalue weighted by Gasteiger charge is 2.50. The van der Waals surface area contributed by atoms with Crippen molar-refractivity contribution in [2.45, 2.75) is 55.9 Å². The first-order chi connectivity index (χ1) is 11.1. The van der Waals surface area contributed by atoms with Gasteiger partial charge in [0, 0.05) is 18.3 Å². The van der Waals surface area contributed by atoms with Crippen molar-refractivity contribution in [1.82, 2.24) is 15.3 Å². The number of anilines is 1. The molecule has 8 heteroatoms. The second kappa shape index (κ2) is 5.52. The van der Waals surface area contributed by atoms with Crippen LogP contribution in [0.2, 0.25) is 0 Å². The van der Waals surface area contributed by atoms with Crippen LogP contribution in [0.5, 0.6) is 0 Å². The largest absolute Gasteiger partial charge is 0.772 e. The molecule has 1 aliphatic carbocycles. The first kappa shape index (κ1) is 15.0. The van der Waals surface area contributed by atoms with Gasteiger partial charge in [-0.3, -0.25) is 9.00 Å². The zero-order valence-corrected chi connectivity index (χ0v) is 13.6. The Bertz CT molecular complexity index is 675. The number of hydrogen-bond donors (Lipinski definition) is 1.